The van der Waals surface area contributed by atoms with Crippen LogP contribution in [0.1, 0.15) is 46.4 Å². The minimum Gasteiger partial charge on any atom is -0.485 e. The molecule has 218 valence electrons. The minimum absolute atomic E-state index is 0.0122. The molecule has 0 amide bonds. The largest absolute Gasteiger partial charge is 0.485 e. The minimum atomic E-state index is -1.05. The summed E-state index contributed by atoms with van der Waals surface area (Å²) in [7, 11) is 0. The van der Waals surface area contributed by atoms with Crippen LogP contribution in [-0.4, -0.2) is 69.4 Å². The van der Waals surface area contributed by atoms with E-state index in [0.717, 1.165) is 57.2 Å². The topological polar surface area (TPSA) is 93.0 Å². The molecule has 2 aromatic heterocycles. The number of anilines is 1. The van der Waals surface area contributed by atoms with E-state index in [0.29, 0.717) is 41.3 Å². The molecule has 2 unspecified atom stereocenters. The summed E-state index contributed by atoms with van der Waals surface area (Å²) in [5.41, 5.74) is 4.17. The fraction of sp³-hybridized carbons (Fsp3) is 0.387. The summed E-state index contributed by atoms with van der Waals surface area (Å²) in [6, 6.07) is 14.1. The molecule has 1 N–H and O–H groups in total. The fourth-order valence-corrected chi connectivity index (χ4v) is 6.30. The first-order chi connectivity index (χ1) is 20.4. The first-order valence-electron chi connectivity index (χ1n) is 14.3. The van der Waals surface area contributed by atoms with Crippen molar-refractivity contribution in [3.8, 4) is 5.75 Å². The molecule has 5 heterocycles. The Morgan fingerprint density at radius 3 is 2.64 bits per heavy atom. The van der Waals surface area contributed by atoms with E-state index in [-0.39, 0.29) is 23.7 Å². The zero-order valence-electron chi connectivity index (χ0n) is 23.0. The van der Waals surface area contributed by atoms with Crippen molar-refractivity contribution in [2.24, 2.45) is 0 Å². The van der Waals surface area contributed by atoms with Crippen LogP contribution in [0.15, 0.2) is 48.5 Å². The van der Waals surface area contributed by atoms with Gasteiger partial charge in [-0.1, -0.05) is 23.7 Å². The Balaban J connectivity index is 1.05. The van der Waals surface area contributed by atoms with Crippen molar-refractivity contribution in [3.63, 3.8) is 0 Å². The van der Waals surface area contributed by atoms with Crippen LogP contribution in [-0.2, 0) is 24.2 Å². The smallest absolute Gasteiger partial charge is 0.354 e. The number of halogens is 2. The number of carboxylic acid groups (broad SMARTS) is 1. The number of ether oxygens (including phenoxy) is 2. The van der Waals surface area contributed by atoms with Crippen LogP contribution in [0.2, 0.25) is 5.02 Å². The number of aromatic nitrogens is 3. The Bertz CT molecular complexity index is 1650. The van der Waals surface area contributed by atoms with E-state index in [1.54, 1.807) is 18.2 Å². The van der Waals surface area contributed by atoms with Crippen molar-refractivity contribution < 1.29 is 23.8 Å². The van der Waals surface area contributed by atoms with Crippen LogP contribution < -0.4 is 9.64 Å². The molecule has 42 heavy (non-hydrogen) atoms. The van der Waals surface area contributed by atoms with Gasteiger partial charge < -0.3 is 24.0 Å². The molecule has 7 rings (SSSR count). The third kappa shape index (κ3) is 5.19. The second-order valence-corrected chi connectivity index (χ2v) is 11.5. The second kappa shape index (κ2) is 11.2. The van der Waals surface area contributed by atoms with Crippen LogP contribution in [0.4, 0.5) is 10.1 Å². The highest BCUT2D eigenvalue weighted by atomic mass is 35.5. The molecular formula is C31H31ClFN5O4. The Hall–Kier alpha value is -3.73. The van der Waals surface area contributed by atoms with Crippen molar-refractivity contribution in [2.75, 3.05) is 37.7 Å². The molecule has 9 nitrogen and oxygen atoms in total. The number of fused-ring (bicyclic) bond motifs is 2. The molecule has 2 atom stereocenters. The summed E-state index contributed by atoms with van der Waals surface area (Å²) in [5.74, 6) is 0.286. The Kier molecular flexibility index (Phi) is 7.21. The lowest BCUT2D eigenvalue weighted by atomic mass is 9.95. The van der Waals surface area contributed by atoms with Gasteiger partial charge in [0.15, 0.2) is 11.3 Å². The Labute approximate surface area is 247 Å². The van der Waals surface area contributed by atoms with Crippen LogP contribution >= 0.6 is 11.6 Å². The standard InChI is InChI=1S/C31H31ClFN5O4/c32-19-4-5-21(23(33)16-19)28-9-6-22-26(2-1-3-27(22)42-28)37-13-11-36(12-14-37)18-29-34-24-7-8-25(31(39)40)35-30(24)38(29)17-20-10-15-41-20/h1-5,7-8,16,20,28H,6,9-15,17-18H2,(H,39,40). The second-order valence-electron chi connectivity index (χ2n) is 11.1. The number of piperazine rings is 1. The summed E-state index contributed by atoms with van der Waals surface area (Å²) < 4.78 is 28.6. The van der Waals surface area contributed by atoms with Crippen LogP contribution in [0, 0.1) is 5.82 Å². The monoisotopic (exact) mass is 591 g/mol. The van der Waals surface area contributed by atoms with E-state index in [1.807, 2.05) is 16.7 Å². The predicted molar refractivity (Wildman–Crippen MR) is 156 cm³/mol. The van der Waals surface area contributed by atoms with E-state index >= 15 is 0 Å². The highest BCUT2D eigenvalue weighted by Crippen LogP contribution is 2.41. The molecular weight excluding hydrogens is 561 g/mol. The zero-order valence-corrected chi connectivity index (χ0v) is 23.8. The SMILES string of the molecule is O=C(O)c1ccc2nc(CN3CCN(c4cccc5c4CCC(c4ccc(Cl)cc4F)O5)CC3)n(CC3CCO3)c2n1. The Morgan fingerprint density at radius 1 is 1.07 bits per heavy atom. The molecule has 3 aliphatic rings. The summed E-state index contributed by atoms with van der Waals surface area (Å²) in [6.07, 6.45) is 2.22. The highest BCUT2D eigenvalue weighted by Gasteiger charge is 2.29. The third-order valence-corrected chi connectivity index (χ3v) is 8.73. The lowest BCUT2D eigenvalue weighted by Gasteiger charge is -2.38. The highest BCUT2D eigenvalue weighted by molar-refractivity contribution is 6.30. The maximum Gasteiger partial charge on any atom is 0.354 e. The lowest BCUT2D eigenvalue weighted by molar-refractivity contribution is -0.0592. The van der Waals surface area contributed by atoms with Gasteiger partial charge in [0, 0.05) is 54.6 Å². The van der Waals surface area contributed by atoms with E-state index in [1.165, 1.54) is 23.4 Å². The number of pyridine rings is 1. The molecule has 2 fully saturated rings. The molecule has 4 aromatic rings. The quantitative estimate of drug-likeness (QED) is 0.317. The number of nitrogens with zero attached hydrogens (tertiary/aromatic N) is 5. The maximum absolute atomic E-state index is 14.6. The molecule has 3 aliphatic heterocycles. The molecule has 0 spiro atoms. The number of rotatable bonds is 7. The normalized spacial score (nSPS) is 20.7. The van der Waals surface area contributed by atoms with Crippen molar-refractivity contribution in [1.29, 1.82) is 0 Å². The van der Waals surface area contributed by atoms with Gasteiger partial charge in [0.25, 0.3) is 0 Å². The van der Waals surface area contributed by atoms with Crippen molar-refractivity contribution in [3.05, 3.63) is 82.0 Å². The predicted octanol–water partition coefficient (Wildman–Crippen LogP) is 5.10. The summed E-state index contributed by atoms with van der Waals surface area (Å²) in [4.78, 5) is 25.6. The van der Waals surface area contributed by atoms with Gasteiger partial charge in [-0.15, -0.1) is 0 Å². The van der Waals surface area contributed by atoms with Gasteiger partial charge in [-0.2, -0.15) is 0 Å². The number of hydrogen-bond donors (Lipinski definition) is 1. The maximum atomic E-state index is 14.6. The van der Waals surface area contributed by atoms with Crippen molar-refractivity contribution >= 4 is 34.4 Å². The first-order valence-corrected chi connectivity index (χ1v) is 14.7. The summed E-state index contributed by atoms with van der Waals surface area (Å²) in [5, 5.41) is 9.84. The van der Waals surface area contributed by atoms with Crippen molar-refractivity contribution in [2.45, 2.75) is 44.6 Å². The van der Waals surface area contributed by atoms with Crippen LogP contribution in [0.5, 0.6) is 5.75 Å². The number of carboxylic acids is 1. The summed E-state index contributed by atoms with van der Waals surface area (Å²) >= 11 is 5.95. The number of benzene rings is 2. The van der Waals surface area contributed by atoms with Gasteiger partial charge in [0.2, 0.25) is 0 Å². The number of aromatic carboxylic acids is 1. The first kappa shape index (κ1) is 27.1. The molecule has 11 heteroatoms. The molecule has 0 radical (unpaired) electrons. The van der Waals surface area contributed by atoms with Crippen molar-refractivity contribution in [1.82, 2.24) is 19.4 Å². The number of hydrogen-bond acceptors (Lipinski definition) is 7. The molecule has 2 saturated heterocycles. The fourth-order valence-electron chi connectivity index (χ4n) is 6.14. The summed E-state index contributed by atoms with van der Waals surface area (Å²) in [6.45, 7) is 5.39. The van der Waals surface area contributed by atoms with E-state index in [9.17, 15) is 14.3 Å². The van der Waals surface area contributed by atoms with E-state index in [2.05, 4.69) is 20.9 Å². The average Bonchev–Trinajstić information content (AvgIpc) is 3.30. The van der Waals surface area contributed by atoms with E-state index < -0.39 is 5.97 Å². The van der Waals surface area contributed by atoms with Gasteiger partial charge >= 0.3 is 5.97 Å². The molecule has 2 aromatic carbocycles. The van der Waals surface area contributed by atoms with Gasteiger partial charge in [-0.3, -0.25) is 4.90 Å². The van der Waals surface area contributed by atoms with E-state index in [4.69, 9.17) is 26.1 Å². The van der Waals surface area contributed by atoms with Gasteiger partial charge in [-0.25, -0.2) is 19.2 Å². The number of carbonyl (C=O) groups is 1. The third-order valence-electron chi connectivity index (χ3n) is 8.49. The molecule has 0 saturated carbocycles. The molecule has 0 bridgehead atoms. The van der Waals surface area contributed by atoms with Gasteiger partial charge in [0.1, 0.15) is 29.0 Å². The lowest BCUT2D eigenvalue weighted by Crippen LogP contribution is -2.46. The van der Waals surface area contributed by atoms with Gasteiger partial charge in [0.05, 0.1) is 19.2 Å². The Morgan fingerprint density at radius 2 is 1.90 bits per heavy atom. The van der Waals surface area contributed by atoms with Gasteiger partial charge in [-0.05, 0) is 55.7 Å². The number of imidazole rings is 1. The zero-order chi connectivity index (χ0) is 28.8. The van der Waals surface area contributed by atoms with Crippen LogP contribution in [0.3, 0.4) is 0 Å². The average molecular weight is 592 g/mol. The van der Waals surface area contributed by atoms with Crippen LogP contribution in [0.25, 0.3) is 11.2 Å². The molecule has 0 aliphatic carbocycles.